The molecule has 11 heavy (non-hydrogen) atoms. The fourth-order valence-electron chi connectivity index (χ4n) is 1.26. The average Bonchev–Trinajstić information content (AvgIpc) is 1.92. The van der Waals surface area contributed by atoms with E-state index in [0.717, 1.165) is 0 Å². The fraction of sp³-hybridized carbons (Fsp3) is 0.600. The van der Waals surface area contributed by atoms with Gasteiger partial charge in [-0.25, -0.2) is 0 Å². The van der Waals surface area contributed by atoms with Gasteiger partial charge in [-0.05, 0) is 39.5 Å². The molecule has 0 aromatic heterocycles. The third-order valence-corrected chi connectivity index (χ3v) is 2.27. The van der Waals surface area contributed by atoms with Gasteiger partial charge in [-0.2, -0.15) is 0 Å². The van der Waals surface area contributed by atoms with Crippen LogP contribution in [0.3, 0.4) is 0 Å². The van der Waals surface area contributed by atoms with Crippen LogP contribution in [0.15, 0.2) is 23.3 Å². The van der Waals surface area contributed by atoms with Gasteiger partial charge in [0.2, 0.25) is 0 Å². The van der Waals surface area contributed by atoms with Crippen molar-refractivity contribution in [2.45, 2.75) is 39.5 Å². The summed E-state index contributed by atoms with van der Waals surface area (Å²) in [5, 5.41) is 0. The van der Waals surface area contributed by atoms with Crippen molar-refractivity contribution in [3.8, 4) is 0 Å². The van der Waals surface area contributed by atoms with E-state index in [9.17, 15) is 0 Å². The normalized spacial score (nSPS) is 28.2. The minimum Gasteiger partial charge on any atom is -0.0882 e. The standard InChI is InChI=1S/C10H16.Pt/c1-9-7-5-3-4-6-8-10(9)2;/h3-4H,5-8H2,1-2H3;/b4-3-,10-9-;. The Hall–Kier alpha value is 0.168. The van der Waals surface area contributed by atoms with Crippen LogP contribution in [0.4, 0.5) is 0 Å². The molecule has 0 atom stereocenters. The van der Waals surface area contributed by atoms with Gasteiger partial charge in [0.15, 0.2) is 0 Å². The summed E-state index contributed by atoms with van der Waals surface area (Å²) < 4.78 is 0. The molecule has 0 radical (unpaired) electrons. The van der Waals surface area contributed by atoms with E-state index in [0.29, 0.717) is 0 Å². The Labute approximate surface area is 84.0 Å². The molecule has 0 spiro atoms. The Kier molecular flexibility index (Phi) is 5.86. The summed E-state index contributed by atoms with van der Waals surface area (Å²) in [5.41, 5.74) is 3.20. The van der Waals surface area contributed by atoms with E-state index in [1.807, 2.05) is 0 Å². The van der Waals surface area contributed by atoms with Gasteiger partial charge in [0.25, 0.3) is 0 Å². The van der Waals surface area contributed by atoms with Crippen LogP contribution in [-0.4, -0.2) is 0 Å². The van der Waals surface area contributed by atoms with E-state index in [1.54, 1.807) is 11.1 Å². The molecule has 0 unspecified atom stereocenters. The zero-order valence-electron chi connectivity index (χ0n) is 7.30. The maximum absolute atomic E-state index is 2.30. The topological polar surface area (TPSA) is 0 Å². The number of allylic oxidation sites excluding steroid dienone is 4. The first-order valence-corrected chi connectivity index (χ1v) is 4.11. The Morgan fingerprint density at radius 2 is 1.27 bits per heavy atom. The molecule has 0 bridgehead atoms. The van der Waals surface area contributed by atoms with Crippen molar-refractivity contribution in [1.29, 1.82) is 0 Å². The van der Waals surface area contributed by atoms with E-state index in [-0.39, 0.29) is 21.1 Å². The van der Waals surface area contributed by atoms with Crippen molar-refractivity contribution < 1.29 is 21.1 Å². The van der Waals surface area contributed by atoms with Crippen LogP contribution in [0.2, 0.25) is 0 Å². The van der Waals surface area contributed by atoms with Gasteiger partial charge in [0, 0.05) is 21.1 Å². The average molecular weight is 331 g/mol. The number of rotatable bonds is 0. The Morgan fingerprint density at radius 3 is 1.64 bits per heavy atom. The monoisotopic (exact) mass is 331 g/mol. The summed E-state index contributed by atoms with van der Waals surface area (Å²) in [6.45, 7) is 4.52. The van der Waals surface area contributed by atoms with Gasteiger partial charge in [0.05, 0.1) is 0 Å². The molecule has 1 heteroatoms. The van der Waals surface area contributed by atoms with Crippen molar-refractivity contribution in [2.75, 3.05) is 0 Å². The van der Waals surface area contributed by atoms with Crippen LogP contribution in [0.5, 0.6) is 0 Å². The van der Waals surface area contributed by atoms with Gasteiger partial charge < -0.3 is 0 Å². The van der Waals surface area contributed by atoms with Crippen LogP contribution in [0, 0.1) is 0 Å². The molecule has 0 saturated heterocycles. The summed E-state index contributed by atoms with van der Waals surface area (Å²) in [4.78, 5) is 0. The van der Waals surface area contributed by atoms with Crippen LogP contribution < -0.4 is 0 Å². The van der Waals surface area contributed by atoms with Gasteiger partial charge in [0.1, 0.15) is 0 Å². The minimum absolute atomic E-state index is 0. The largest absolute Gasteiger partial charge is 0.0882 e. The maximum Gasteiger partial charge on any atom is 0 e. The van der Waals surface area contributed by atoms with Gasteiger partial charge >= 0.3 is 0 Å². The minimum atomic E-state index is 0. The Balaban J connectivity index is 0.000001000. The Morgan fingerprint density at radius 1 is 0.909 bits per heavy atom. The zero-order chi connectivity index (χ0) is 7.40. The molecule has 0 nitrogen and oxygen atoms in total. The SMILES string of the molecule is C/C1=C(\C)CC/C=C\CC1.[Pt]. The van der Waals surface area contributed by atoms with Crippen LogP contribution in [0.1, 0.15) is 39.5 Å². The first kappa shape index (κ1) is 11.2. The van der Waals surface area contributed by atoms with E-state index in [1.165, 1.54) is 25.7 Å². The summed E-state index contributed by atoms with van der Waals surface area (Å²) in [6, 6.07) is 0. The number of hydrogen-bond acceptors (Lipinski definition) is 0. The second kappa shape index (κ2) is 5.77. The quantitative estimate of drug-likeness (QED) is 0.597. The first-order chi connectivity index (χ1) is 4.80. The second-order valence-electron chi connectivity index (χ2n) is 3.11. The summed E-state index contributed by atoms with van der Waals surface area (Å²) >= 11 is 0. The molecule has 66 valence electrons. The smallest absolute Gasteiger partial charge is 0 e. The molecule has 0 aromatic carbocycles. The molecule has 1 aliphatic carbocycles. The van der Waals surface area contributed by atoms with E-state index in [2.05, 4.69) is 26.0 Å². The molecule has 0 amide bonds. The molecular weight excluding hydrogens is 315 g/mol. The van der Waals surface area contributed by atoms with Crippen LogP contribution in [-0.2, 0) is 21.1 Å². The van der Waals surface area contributed by atoms with Crippen LogP contribution >= 0.6 is 0 Å². The van der Waals surface area contributed by atoms with Crippen molar-refractivity contribution in [1.82, 2.24) is 0 Å². The molecule has 1 aliphatic rings. The molecule has 0 saturated carbocycles. The van der Waals surface area contributed by atoms with Crippen molar-refractivity contribution >= 4 is 0 Å². The summed E-state index contributed by atoms with van der Waals surface area (Å²) in [7, 11) is 0. The first-order valence-electron chi connectivity index (χ1n) is 4.11. The Bertz CT molecular complexity index is 148. The molecule has 0 aliphatic heterocycles. The molecule has 0 fully saturated rings. The van der Waals surface area contributed by atoms with E-state index >= 15 is 0 Å². The van der Waals surface area contributed by atoms with Gasteiger partial charge in [-0.1, -0.05) is 23.3 Å². The fourth-order valence-corrected chi connectivity index (χ4v) is 1.26. The third-order valence-electron chi connectivity index (χ3n) is 2.27. The summed E-state index contributed by atoms with van der Waals surface area (Å²) in [6.07, 6.45) is 9.61. The van der Waals surface area contributed by atoms with E-state index in [4.69, 9.17) is 0 Å². The van der Waals surface area contributed by atoms with Crippen LogP contribution in [0.25, 0.3) is 0 Å². The molecule has 1 rings (SSSR count). The summed E-state index contributed by atoms with van der Waals surface area (Å²) in [5.74, 6) is 0. The van der Waals surface area contributed by atoms with Gasteiger partial charge in [-0.15, -0.1) is 0 Å². The third kappa shape index (κ3) is 3.91. The predicted molar refractivity (Wildman–Crippen MR) is 46.0 cm³/mol. The van der Waals surface area contributed by atoms with E-state index < -0.39 is 0 Å². The molecule has 0 N–H and O–H groups in total. The van der Waals surface area contributed by atoms with Crippen molar-refractivity contribution in [3.05, 3.63) is 23.3 Å². The number of hydrogen-bond donors (Lipinski definition) is 0. The van der Waals surface area contributed by atoms with Crippen molar-refractivity contribution in [3.63, 3.8) is 0 Å². The molecule has 0 heterocycles. The maximum atomic E-state index is 2.30. The van der Waals surface area contributed by atoms with Crippen molar-refractivity contribution in [2.24, 2.45) is 0 Å². The second-order valence-corrected chi connectivity index (χ2v) is 3.11. The molecular formula is C10H16Pt. The zero-order valence-corrected chi connectivity index (χ0v) is 9.57. The molecule has 0 aromatic rings. The van der Waals surface area contributed by atoms with Gasteiger partial charge in [-0.3, -0.25) is 0 Å². The predicted octanol–water partition coefficient (Wildman–Crippen LogP) is 3.45.